The van der Waals surface area contributed by atoms with E-state index in [9.17, 15) is 0 Å². The summed E-state index contributed by atoms with van der Waals surface area (Å²) in [5.74, 6) is 0.559. The van der Waals surface area contributed by atoms with Crippen LogP contribution >= 0.6 is 0 Å². The average Bonchev–Trinajstić information content (AvgIpc) is 2.67. The number of oxime groups is 1. The van der Waals surface area contributed by atoms with E-state index >= 15 is 0 Å². The van der Waals surface area contributed by atoms with Gasteiger partial charge in [-0.05, 0) is 11.6 Å². The molecule has 0 bridgehead atoms. The molecule has 0 aliphatic heterocycles. The molecule has 1 heterocycles. The minimum Gasteiger partial charge on any atom is -0.471 e. The van der Waals surface area contributed by atoms with E-state index in [4.69, 9.17) is 9.57 Å². The van der Waals surface area contributed by atoms with Crippen LogP contribution in [-0.2, 0) is 11.4 Å². The minimum atomic E-state index is 0.288. The van der Waals surface area contributed by atoms with Crippen molar-refractivity contribution in [3.05, 3.63) is 96.2 Å². The predicted octanol–water partition coefficient (Wildman–Crippen LogP) is 4.08. The Bertz CT molecular complexity index is 759. The normalized spacial score (nSPS) is 11.1. The number of pyridine rings is 1. The molecule has 24 heavy (non-hydrogen) atoms. The van der Waals surface area contributed by atoms with Gasteiger partial charge in [-0.1, -0.05) is 71.9 Å². The van der Waals surface area contributed by atoms with Gasteiger partial charge in [0.05, 0.1) is 0 Å². The number of hydrogen-bond donors (Lipinski definition) is 0. The summed E-state index contributed by atoms with van der Waals surface area (Å²) in [5, 5.41) is 4.27. The third kappa shape index (κ3) is 4.68. The van der Waals surface area contributed by atoms with Crippen molar-refractivity contribution in [2.75, 3.05) is 6.61 Å². The molecule has 3 aromatic rings. The third-order valence-corrected chi connectivity index (χ3v) is 3.35. The molecule has 0 unspecified atom stereocenters. The second-order valence-corrected chi connectivity index (χ2v) is 5.12. The molecular formula is C20H18N2O2. The highest BCUT2D eigenvalue weighted by atomic mass is 16.6. The molecule has 0 saturated heterocycles. The number of benzene rings is 2. The molecule has 0 N–H and O–H groups in total. The summed E-state index contributed by atoms with van der Waals surface area (Å²) in [6.45, 7) is 0.705. The SMILES string of the molecule is c1ccc(CON=C(COc2ccccn2)c2ccccc2)cc1. The Kier molecular flexibility index (Phi) is 5.56. The number of ether oxygens (including phenoxy) is 1. The largest absolute Gasteiger partial charge is 0.471 e. The Morgan fingerprint density at radius 1 is 0.833 bits per heavy atom. The van der Waals surface area contributed by atoms with Crippen molar-refractivity contribution in [3.63, 3.8) is 0 Å². The lowest BCUT2D eigenvalue weighted by atomic mass is 10.1. The van der Waals surface area contributed by atoms with E-state index in [1.807, 2.05) is 78.9 Å². The van der Waals surface area contributed by atoms with E-state index in [0.29, 0.717) is 12.5 Å². The molecule has 1 aromatic heterocycles. The van der Waals surface area contributed by atoms with Crippen molar-refractivity contribution in [2.45, 2.75) is 6.61 Å². The number of hydrogen-bond acceptors (Lipinski definition) is 4. The van der Waals surface area contributed by atoms with E-state index in [0.717, 1.165) is 16.8 Å². The van der Waals surface area contributed by atoms with Crippen LogP contribution in [0.4, 0.5) is 0 Å². The maximum absolute atomic E-state index is 5.70. The van der Waals surface area contributed by atoms with Crippen molar-refractivity contribution in [1.29, 1.82) is 0 Å². The molecule has 0 fully saturated rings. The van der Waals surface area contributed by atoms with E-state index in [2.05, 4.69) is 10.1 Å². The summed E-state index contributed by atoms with van der Waals surface area (Å²) in [4.78, 5) is 9.67. The summed E-state index contributed by atoms with van der Waals surface area (Å²) in [7, 11) is 0. The van der Waals surface area contributed by atoms with E-state index in [-0.39, 0.29) is 6.61 Å². The van der Waals surface area contributed by atoms with Gasteiger partial charge in [-0.3, -0.25) is 0 Å². The van der Waals surface area contributed by atoms with Crippen molar-refractivity contribution in [1.82, 2.24) is 4.98 Å². The van der Waals surface area contributed by atoms with Gasteiger partial charge in [0.1, 0.15) is 18.9 Å². The Morgan fingerprint density at radius 3 is 2.25 bits per heavy atom. The van der Waals surface area contributed by atoms with Gasteiger partial charge < -0.3 is 9.57 Å². The van der Waals surface area contributed by atoms with E-state index in [1.54, 1.807) is 6.20 Å². The molecule has 0 atom stereocenters. The highest BCUT2D eigenvalue weighted by molar-refractivity contribution is 6.01. The zero-order chi connectivity index (χ0) is 16.5. The molecule has 2 aromatic carbocycles. The molecule has 3 rings (SSSR count). The molecule has 4 nitrogen and oxygen atoms in total. The van der Waals surface area contributed by atoms with Crippen molar-refractivity contribution in [2.24, 2.45) is 5.16 Å². The first-order valence-corrected chi connectivity index (χ1v) is 7.74. The second-order valence-electron chi connectivity index (χ2n) is 5.12. The highest BCUT2D eigenvalue weighted by Gasteiger charge is 2.06. The molecule has 0 amide bonds. The quantitative estimate of drug-likeness (QED) is 0.487. The molecule has 0 spiro atoms. The lowest BCUT2D eigenvalue weighted by molar-refractivity contribution is 0.129. The standard InChI is InChI=1S/C20H18N2O2/c1-3-9-17(10-4-1)15-24-22-19(18-11-5-2-6-12-18)16-23-20-13-7-8-14-21-20/h1-14H,15-16H2. The van der Waals surface area contributed by atoms with Crippen LogP contribution in [0.15, 0.2) is 90.2 Å². The van der Waals surface area contributed by atoms with Gasteiger partial charge in [0.25, 0.3) is 0 Å². The molecule has 0 radical (unpaired) electrons. The topological polar surface area (TPSA) is 43.7 Å². The van der Waals surface area contributed by atoms with Crippen LogP contribution in [0.25, 0.3) is 0 Å². The minimum absolute atomic E-state index is 0.288. The van der Waals surface area contributed by atoms with Crippen LogP contribution in [0.2, 0.25) is 0 Å². The summed E-state index contributed by atoms with van der Waals surface area (Å²) >= 11 is 0. The van der Waals surface area contributed by atoms with Gasteiger partial charge in [0, 0.05) is 17.8 Å². The van der Waals surface area contributed by atoms with Gasteiger partial charge in [-0.25, -0.2) is 4.98 Å². The van der Waals surface area contributed by atoms with Crippen molar-refractivity contribution < 1.29 is 9.57 Å². The summed E-state index contributed by atoms with van der Waals surface area (Å²) < 4.78 is 5.70. The van der Waals surface area contributed by atoms with Gasteiger partial charge >= 0.3 is 0 Å². The lowest BCUT2D eigenvalue weighted by Gasteiger charge is -2.09. The van der Waals surface area contributed by atoms with Crippen LogP contribution in [-0.4, -0.2) is 17.3 Å². The monoisotopic (exact) mass is 318 g/mol. The van der Waals surface area contributed by atoms with Crippen molar-refractivity contribution in [3.8, 4) is 5.88 Å². The summed E-state index contributed by atoms with van der Waals surface area (Å²) in [5.41, 5.74) is 2.75. The first-order chi connectivity index (χ1) is 11.9. The maximum Gasteiger partial charge on any atom is 0.213 e. The number of nitrogens with zero attached hydrogens (tertiary/aromatic N) is 2. The van der Waals surface area contributed by atoms with Crippen LogP contribution in [0, 0.1) is 0 Å². The Balaban J connectivity index is 1.68. The summed E-state index contributed by atoms with van der Waals surface area (Å²) in [6.07, 6.45) is 1.70. The van der Waals surface area contributed by atoms with Gasteiger partial charge in [0.15, 0.2) is 0 Å². The number of aromatic nitrogens is 1. The van der Waals surface area contributed by atoms with Crippen LogP contribution in [0.5, 0.6) is 5.88 Å². The van der Waals surface area contributed by atoms with Gasteiger partial charge in [0.2, 0.25) is 5.88 Å². The van der Waals surface area contributed by atoms with E-state index < -0.39 is 0 Å². The summed E-state index contributed by atoms with van der Waals surface area (Å²) in [6, 6.07) is 25.3. The Labute approximate surface area is 141 Å². The maximum atomic E-state index is 5.70. The first kappa shape index (κ1) is 15.7. The smallest absolute Gasteiger partial charge is 0.213 e. The van der Waals surface area contributed by atoms with Crippen LogP contribution in [0.3, 0.4) is 0 Å². The van der Waals surface area contributed by atoms with Crippen LogP contribution in [0.1, 0.15) is 11.1 Å². The molecule has 0 aliphatic rings. The zero-order valence-electron chi connectivity index (χ0n) is 13.2. The molecule has 0 aliphatic carbocycles. The van der Waals surface area contributed by atoms with Crippen molar-refractivity contribution >= 4 is 5.71 Å². The first-order valence-electron chi connectivity index (χ1n) is 7.74. The zero-order valence-corrected chi connectivity index (χ0v) is 13.2. The second kappa shape index (κ2) is 8.48. The molecule has 0 saturated carbocycles. The lowest BCUT2D eigenvalue weighted by Crippen LogP contribution is -2.14. The molecular weight excluding hydrogens is 300 g/mol. The molecule has 4 heteroatoms. The van der Waals surface area contributed by atoms with Crippen LogP contribution < -0.4 is 4.74 Å². The average molecular weight is 318 g/mol. The fourth-order valence-corrected chi connectivity index (χ4v) is 2.13. The Hall–Kier alpha value is -3.14. The van der Waals surface area contributed by atoms with Gasteiger partial charge in [-0.2, -0.15) is 0 Å². The fourth-order valence-electron chi connectivity index (χ4n) is 2.13. The predicted molar refractivity (Wildman–Crippen MR) is 93.9 cm³/mol. The highest BCUT2D eigenvalue weighted by Crippen LogP contribution is 2.08. The Morgan fingerprint density at radius 2 is 1.54 bits per heavy atom. The van der Waals surface area contributed by atoms with Gasteiger partial charge in [-0.15, -0.1) is 0 Å². The third-order valence-electron chi connectivity index (χ3n) is 3.35. The number of rotatable bonds is 7. The molecule has 120 valence electrons. The van der Waals surface area contributed by atoms with E-state index in [1.165, 1.54) is 0 Å². The fraction of sp³-hybridized carbons (Fsp3) is 0.100.